The molecule has 0 amide bonds. The van der Waals surface area contributed by atoms with Crippen LogP contribution in [0.3, 0.4) is 0 Å². The Morgan fingerprint density at radius 3 is 1.59 bits per heavy atom. The number of nitrogens with one attached hydrogen (secondary N) is 2. The van der Waals surface area contributed by atoms with Crippen LogP contribution in [0.5, 0.6) is 0 Å². The molecule has 0 unspecified atom stereocenters. The van der Waals surface area contributed by atoms with E-state index in [-0.39, 0.29) is 11.6 Å². The van der Waals surface area contributed by atoms with Gasteiger partial charge < -0.3 is 41.9 Å². The lowest BCUT2D eigenvalue weighted by atomic mass is 10.1. The summed E-state index contributed by atoms with van der Waals surface area (Å²) in [5.41, 5.74) is 19.5. The Labute approximate surface area is 249 Å². The maximum Gasteiger partial charge on any atom is 0.179 e. The lowest BCUT2D eigenvalue weighted by molar-refractivity contribution is 0.0963. The van der Waals surface area contributed by atoms with Gasteiger partial charge in [0.2, 0.25) is 0 Å². The Morgan fingerprint density at radius 2 is 1.20 bits per heavy atom. The van der Waals surface area contributed by atoms with Crippen LogP contribution in [-0.2, 0) is 14.1 Å². The van der Waals surface area contributed by atoms with E-state index in [0.29, 0.717) is 35.6 Å². The minimum absolute atomic E-state index is 0.170. The zero-order chi connectivity index (χ0) is 31.0. The summed E-state index contributed by atoms with van der Waals surface area (Å²) in [6, 6.07) is 3.48. The molecule has 0 aliphatic heterocycles. The van der Waals surface area contributed by atoms with Crippen LogP contribution in [0, 0.1) is 0 Å². The van der Waals surface area contributed by atoms with Crippen LogP contribution in [-0.4, -0.2) is 79.5 Å². The molecule has 0 saturated carbocycles. The fraction of sp³-hybridized carbons (Fsp3) is 0.677. The standard InChI is InChI=1S/C14H26N4O.C11H19N3O.C6H15N/c1-17(9-5-7-15)8-4-3-6-14(19)13-10-12(16)11-18(13)2;1-13-6-4-3-5-11(15)10-7-9(12)8-14(10)2;1-3-4-5-6-7-2/h10-11H,3-9,15-16H2,1-2H3;7-8,13H,3-6,12H2,1-2H3;7H,3-6H2,1-2H3. The van der Waals surface area contributed by atoms with Gasteiger partial charge in [0.15, 0.2) is 11.6 Å². The Hall–Kier alpha value is -2.66. The van der Waals surface area contributed by atoms with Gasteiger partial charge in [0.1, 0.15) is 0 Å². The van der Waals surface area contributed by atoms with Crippen LogP contribution in [0.15, 0.2) is 24.5 Å². The second kappa shape index (κ2) is 24.0. The van der Waals surface area contributed by atoms with E-state index < -0.39 is 0 Å². The molecule has 0 saturated heterocycles. The minimum atomic E-state index is 0.170. The molecule has 0 bridgehead atoms. The topological polar surface area (TPSA) is 149 Å². The van der Waals surface area contributed by atoms with Crippen molar-refractivity contribution in [1.29, 1.82) is 0 Å². The van der Waals surface area contributed by atoms with E-state index in [0.717, 1.165) is 58.3 Å². The molecule has 0 spiro atoms. The average molecular weight is 577 g/mol. The lowest BCUT2D eigenvalue weighted by Crippen LogP contribution is -2.23. The van der Waals surface area contributed by atoms with Crippen LogP contribution in [0.25, 0.3) is 0 Å². The van der Waals surface area contributed by atoms with Gasteiger partial charge in [-0.25, -0.2) is 0 Å². The largest absolute Gasteiger partial charge is 0.397 e. The smallest absolute Gasteiger partial charge is 0.179 e. The number of hydrogen-bond acceptors (Lipinski definition) is 8. The predicted molar refractivity (Wildman–Crippen MR) is 175 cm³/mol. The number of rotatable bonds is 19. The fourth-order valence-electron chi connectivity index (χ4n) is 4.27. The number of carbonyl (C=O) groups is 2. The van der Waals surface area contributed by atoms with Crippen molar-refractivity contribution < 1.29 is 9.59 Å². The van der Waals surface area contributed by atoms with Gasteiger partial charge in [0, 0.05) is 39.3 Å². The molecule has 0 radical (unpaired) electrons. The van der Waals surface area contributed by atoms with Gasteiger partial charge in [-0.3, -0.25) is 9.59 Å². The maximum atomic E-state index is 12.0. The Balaban J connectivity index is 0.000000647. The summed E-state index contributed by atoms with van der Waals surface area (Å²) in [5, 5.41) is 6.16. The van der Waals surface area contributed by atoms with Crippen molar-refractivity contribution in [1.82, 2.24) is 24.7 Å². The van der Waals surface area contributed by atoms with E-state index in [1.54, 1.807) is 33.7 Å². The number of nitrogen functional groups attached to an aromatic ring is 2. The second-order valence-corrected chi connectivity index (χ2v) is 10.7. The molecule has 236 valence electrons. The van der Waals surface area contributed by atoms with E-state index in [1.165, 1.54) is 25.8 Å². The molecule has 10 heteroatoms. The van der Waals surface area contributed by atoms with Crippen molar-refractivity contribution >= 4 is 22.9 Å². The monoisotopic (exact) mass is 576 g/mol. The average Bonchev–Trinajstić information content (AvgIpc) is 3.47. The Kier molecular flexibility index (Phi) is 22.4. The summed E-state index contributed by atoms with van der Waals surface area (Å²) in [4.78, 5) is 26.0. The van der Waals surface area contributed by atoms with E-state index in [1.807, 2.05) is 28.2 Å². The minimum Gasteiger partial charge on any atom is -0.397 e. The van der Waals surface area contributed by atoms with Crippen LogP contribution in [0.4, 0.5) is 11.4 Å². The van der Waals surface area contributed by atoms with Crippen molar-refractivity contribution in [2.75, 3.05) is 65.3 Å². The van der Waals surface area contributed by atoms with Gasteiger partial charge >= 0.3 is 0 Å². The summed E-state index contributed by atoms with van der Waals surface area (Å²) >= 11 is 0. The highest BCUT2D eigenvalue weighted by Gasteiger charge is 2.11. The van der Waals surface area contributed by atoms with Crippen molar-refractivity contribution in [3.63, 3.8) is 0 Å². The third-order valence-corrected chi connectivity index (χ3v) is 6.67. The van der Waals surface area contributed by atoms with E-state index in [9.17, 15) is 9.59 Å². The van der Waals surface area contributed by atoms with Crippen LogP contribution >= 0.6 is 0 Å². The first kappa shape index (κ1) is 38.3. The lowest BCUT2D eigenvalue weighted by Gasteiger charge is -2.15. The number of carbonyl (C=O) groups excluding carboxylic acids is 2. The van der Waals surface area contributed by atoms with Gasteiger partial charge in [0.05, 0.1) is 22.8 Å². The molecule has 0 atom stereocenters. The highest BCUT2D eigenvalue weighted by Crippen LogP contribution is 2.13. The quantitative estimate of drug-likeness (QED) is 0.125. The zero-order valence-corrected chi connectivity index (χ0v) is 26.8. The first-order valence-corrected chi connectivity index (χ1v) is 15.2. The summed E-state index contributed by atoms with van der Waals surface area (Å²) in [5.74, 6) is 0.342. The number of nitrogens with zero attached hydrogens (tertiary/aromatic N) is 3. The second-order valence-electron chi connectivity index (χ2n) is 10.7. The van der Waals surface area contributed by atoms with Crippen LogP contribution in [0.2, 0.25) is 0 Å². The number of hydrogen-bond donors (Lipinski definition) is 5. The van der Waals surface area contributed by atoms with E-state index in [2.05, 4.69) is 29.5 Å². The maximum absolute atomic E-state index is 12.0. The van der Waals surface area contributed by atoms with Crippen molar-refractivity contribution in [3.8, 4) is 0 Å². The SMILES string of the molecule is CCCCCNC.CN(CCCN)CCCCC(=O)c1cc(N)cn1C.CNCCCCC(=O)c1cc(N)cn1C. The number of aromatic nitrogens is 2. The number of anilines is 2. The molecule has 2 aromatic rings. The highest BCUT2D eigenvalue weighted by molar-refractivity contribution is 5.96. The molecule has 2 rings (SSSR count). The normalized spacial score (nSPS) is 10.6. The summed E-state index contributed by atoms with van der Waals surface area (Å²) in [6.07, 6.45) is 13.7. The van der Waals surface area contributed by atoms with Crippen molar-refractivity contribution in [2.24, 2.45) is 19.8 Å². The summed E-state index contributed by atoms with van der Waals surface area (Å²) in [7, 11) is 9.70. The molecule has 0 aliphatic rings. The number of ketones is 2. The number of Topliss-reactive ketones (excluding diaryl/α,β-unsaturated/α-hetero) is 2. The van der Waals surface area contributed by atoms with Gasteiger partial charge in [-0.15, -0.1) is 0 Å². The van der Waals surface area contributed by atoms with Gasteiger partial charge in [0.25, 0.3) is 0 Å². The summed E-state index contributed by atoms with van der Waals surface area (Å²) < 4.78 is 3.58. The third kappa shape index (κ3) is 18.4. The zero-order valence-electron chi connectivity index (χ0n) is 26.8. The molecule has 2 heterocycles. The summed E-state index contributed by atoms with van der Waals surface area (Å²) in [6.45, 7) is 7.13. The van der Waals surface area contributed by atoms with Crippen LogP contribution < -0.4 is 27.8 Å². The van der Waals surface area contributed by atoms with Gasteiger partial charge in [-0.05, 0) is 105 Å². The fourth-order valence-corrected chi connectivity index (χ4v) is 4.27. The molecule has 41 heavy (non-hydrogen) atoms. The van der Waals surface area contributed by atoms with E-state index in [4.69, 9.17) is 17.2 Å². The Morgan fingerprint density at radius 1 is 0.756 bits per heavy atom. The van der Waals surface area contributed by atoms with Crippen molar-refractivity contribution in [3.05, 3.63) is 35.9 Å². The molecule has 0 fully saturated rings. The number of nitrogens with two attached hydrogens (primary N) is 3. The molecule has 10 nitrogen and oxygen atoms in total. The molecule has 2 aromatic heterocycles. The number of aryl methyl sites for hydroxylation is 2. The third-order valence-electron chi connectivity index (χ3n) is 6.67. The van der Waals surface area contributed by atoms with Gasteiger partial charge in [-0.2, -0.15) is 0 Å². The first-order chi connectivity index (χ1) is 19.6. The molecule has 0 aliphatic carbocycles. The van der Waals surface area contributed by atoms with Crippen molar-refractivity contribution in [2.45, 2.75) is 71.1 Å². The molecule has 8 N–H and O–H groups in total. The first-order valence-electron chi connectivity index (χ1n) is 15.2. The molecular weight excluding hydrogens is 516 g/mol. The Bertz CT molecular complexity index is 950. The highest BCUT2D eigenvalue weighted by atomic mass is 16.1. The van der Waals surface area contributed by atoms with E-state index >= 15 is 0 Å². The molecular formula is C31H60N8O2. The predicted octanol–water partition coefficient (Wildman–Crippen LogP) is 3.82. The van der Waals surface area contributed by atoms with Crippen LogP contribution in [0.1, 0.15) is 92.1 Å². The van der Waals surface area contributed by atoms with Gasteiger partial charge in [-0.1, -0.05) is 19.8 Å². The molecule has 0 aromatic carbocycles. The number of unbranched alkanes of at least 4 members (excludes halogenated alkanes) is 4.